The van der Waals surface area contributed by atoms with Crippen LogP contribution in [0, 0.1) is 0 Å². The molecular weight excluding hydrogens is 304 g/mol. The lowest BCUT2D eigenvalue weighted by Gasteiger charge is -2.03. The van der Waals surface area contributed by atoms with E-state index in [1.54, 1.807) is 22.3 Å². The van der Waals surface area contributed by atoms with E-state index < -0.39 is 0 Å². The molecule has 4 rings (SSSR count). The van der Waals surface area contributed by atoms with Gasteiger partial charge in [0.2, 0.25) is 5.16 Å². The van der Waals surface area contributed by atoms with Gasteiger partial charge in [-0.1, -0.05) is 18.2 Å². The van der Waals surface area contributed by atoms with Crippen LogP contribution >= 0.6 is 23.1 Å². The largest absolute Gasteiger partial charge is 0.235 e. The topological polar surface area (TPSA) is 69.4 Å². The number of nitrogens with zero attached hydrogens (tertiary/aromatic N) is 6. The predicted octanol–water partition coefficient (Wildman–Crippen LogP) is 2.82. The lowest BCUT2D eigenvalue weighted by Crippen LogP contribution is -1.98. The Hall–Kier alpha value is -2.32. The average Bonchev–Trinajstić information content (AvgIpc) is 3.17. The Kier molecular flexibility index (Phi) is 3.09. The molecule has 0 atom stereocenters. The second kappa shape index (κ2) is 5.23. The molecule has 0 aliphatic carbocycles. The van der Waals surface area contributed by atoms with Crippen LogP contribution in [0.2, 0.25) is 0 Å². The molecular formula is C13H8N6S2. The number of tetrazole rings is 1. The molecule has 8 heteroatoms. The van der Waals surface area contributed by atoms with Gasteiger partial charge in [0.25, 0.3) is 0 Å². The number of hydrogen-bond acceptors (Lipinski definition) is 7. The zero-order chi connectivity index (χ0) is 14.1. The van der Waals surface area contributed by atoms with Crippen LogP contribution in [-0.4, -0.2) is 30.2 Å². The number of rotatable bonds is 3. The summed E-state index contributed by atoms with van der Waals surface area (Å²) in [7, 11) is 0. The first-order valence-electron chi connectivity index (χ1n) is 6.12. The molecule has 0 radical (unpaired) electrons. The van der Waals surface area contributed by atoms with Crippen LogP contribution in [0.4, 0.5) is 0 Å². The lowest BCUT2D eigenvalue weighted by molar-refractivity contribution is 0.756. The van der Waals surface area contributed by atoms with Gasteiger partial charge in [0.05, 0.1) is 15.9 Å². The average molecular weight is 312 g/mol. The molecule has 4 aromatic rings. The van der Waals surface area contributed by atoms with Crippen molar-refractivity contribution in [2.75, 3.05) is 0 Å². The van der Waals surface area contributed by atoms with E-state index >= 15 is 0 Å². The van der Waals surface area contributed by atoms with E-state index in [-0.39, 0.29) is 0 Å². The maximum absolute atomic E-state index is 4.34. The van der Waals surface area contributed by atoms with Gasteiger partial charge in [0, 0.05) is 0 Å². The fourth-order valence-corrected chi connectivity index (χ4v) is 3.67. The molecule has 0 amide bonds. The highest BCUT2D eigenvalue weighted by Gasteiger charge is 2.13. The van der Waals surface area contributed by atoms with E-state index in [9.17, 15) is 0 Å². The third-order valence-corrected chi connectivity index (χ3v) is 4.82. The Morgan fingerprint density at radius 3 is 2.86 bits per heavy atom. The van der Waals surface area contributed by atoms with Crippen molar-refractivity contribution in [3.8, 4) is 5.69 Å². The normalized spacial score (nSPS) is 11.0. The van der Waals surface area contributed by atoms with Crippen LogP contribution < -0.4 is 0 Å². The second-order valence-electron chi connectivity index (χ2n) is 4.12. The van der Waals surface area contributed by atoms with E-state index in [1.807, 2.05) is 41.8 Å². The molecule has 0 unspecified atom stereocenters. The Balaban J connectivity index is 1.76. The standard InChI is InChI=1S/C13H8N6S2/c1-2-4-9(5-3-1)19-13(16-17-18-19)21-12-11-10(6-7-20-11)14-8-15-12/h1-8H. The third kappa shape index (κ3) is 2.28. The van der Waals surface area contributed by atoms with E-state index in [0.717, 1.165) is 20.9 Å². The molecule has 0 fully saturated rings. The minimum absolute atomic E-state index is 0.676. The molecule has 0 aliphatic heterocycles. The van der Waals surface area contributed by atoms with E-state index in [4.69, 9.17) is 0 Å². The van der Waals surface area contributed by atoms with Gasteiger partial charge in [-0.15, -0.1) is 16.4 Å². The molecule has 102 valence electrons. The molecule has 0 bridgehead atoms. The van der Waals surface area contributed by atoms with Crippen molar-refractivity contribution in [3.05, 3.63) is 48.1 Å². The van der Waals surface area contributed by atoms with Gasteiger partial charge in [-0.25, -0.2) is 9.97 Å². The summed E-state index contributed by atoms with van der Waals surface area (Å²) >= 11 is 3.05. The highest BCUT2D eigenvalue weighted by Crippen LogP contribution is 2.32. The van der Waals surface area contributed by atoms with Crippen molar-refractivity contribution >= 4 is 33.3 Å². The fraction of sp³-hybridized carbons (Fsp3) is 0. The van der Waals surface area contributed by atoms with Crippen LogP contribution in [0.25, 0.3) is 15.9 Å². The number of hydrogen-bond donors (Lipinski definition) is 0. The highest BCUT2D eigenvalue weighted by molar-refractivity contribution is 7.99. The summed E-state index contributed by atoms with van der Waals surface area (Å²) in [5.74, 6) is 0. The quantitative estimate of drug-likeness (QED) is 0.542. The first kappa shape index (κ1) is 12.4. The van der Waals surface area contributed by atoms with Crippen molar-refractivity contribution in [3.63, 3.8) is 0 Å². The molecule has 3 heterocycles. The number of para-hydroxylation sites is 1. The molecule has 0 saturated heterocycles. The van der Waals surface area contributed by atoms with Crippen LogP contribution in [0.1, 0.15) is 0 Å². The summed E-state index contributed by atoms with van der Waals surface area (Å²) in [4.78, 5) is 8.58. The first-order chi connectivity index (χ1) is 10.4. The van der Waals surface area contributed by atoms with Crippen molar-refractivity contribution in [1.82, 2.24) is 30.2 Å². The Morgan fingerprint density at radius 2 is 1.95 bits per heavy atom. The smallest absolute Gasteiger partial charge is 0.220 e. The molecule has 3 aromatic heterocycles. The van der Waals surface area contributed by atoms with Crippen LogP contribution in [-0.2, 0) is 0 Å². The van der Waals surface area contributed by atoms with Crippen molar-refractivity contribution in [1.29, 1.82) is 0 Å². The molecule has 21 heavy (non-hydrogen) atoms. The predicted molar refractivity (Wildman–Crippen MR) is 80.7 cm³/mol. The monoisotopic (exact) mass is 312 g/mol. The van der Waals surface area contributed by atoms with Gasteiger partial charge >= 0.3 is 0 Å². The van der Waals surface area contributed by atoms with Crippen molar-refractivity contribution in [2.24, 2.45) is 0 Å². The van der Waals surface area contributed by atoms with E-state index in [0.29, 0.717) is 5.16 Å². The molecule has 0 saturated carbocycles. The molecule has 1 aromatic carbocycles. The zero-order valence-electron chi connectivity index (χ0n) is 10.6. The van der Waals surface area contributed by atoms with E-state index in [2.05, 4.69) is 25.5 Å². The molecule has 6 nitrogen and oxygen atoms in total. The number of fused-ring (bicyclic) bond motifs is 1. The fourth-order valence-electron chi connectivity index (χ4n) is 1.90. The van der Waals surface area contributed by atoms with E-state index in [1.165, 1.54) is 11.8 Å². The summed E-state index contributed by atoms with van der Waals surface area (Å²) in [5.41, 5.74) is 1.86. The van der Waals surface area contributed by atoms with Gasteiger partial charge in [0.15, 0.2) is 0 Å². The number of aromatic nitrogens is 6. The lowest BCUT2D eigenvalue weighted by atomic mass is 10.3. The Labute approximate surface area is 127 Å². The van der Waals surface area contributed by atoms with Gasteiger partial charge < -0.3 is 0 Å². The summed E-state index contributed by atoms with van der Waals surface area (Å²) in [6.07, 6.45) is 1.56. The summed E-state index contributed by atoms with van der Waals surface area (Å²) in [5, 5.41) is 15.4. The van der Waals surface area contributed by atoms with Gasteiger partial charge in [-0.3, -0.25) is 0 Å². The second-order valence-corrected chi connectivity index (χ2v) is 6.00. The highest BCUT2D eigenvalue weighted by atomic mass is 32.2. The van der Waals surface area contributed by atoms with Crippen LogP contribution in [0.5, 0.6) is 0 Å². The molecule has 0 aliphatic rings. The Bertz CT molecular complexity index is 886. The number of thiophene rings is 1. The van der Waals surface area contributed by atoms with Gasteiger partial charge in [0.1, 0.15) is 11.4 Å². The summed E-state index contributed by atoms with van der Waals surface area (Å²) in [6.45, 7) is 0. The maximum Gasteiger partial charge on any atom is 0.220 e. The maximum atomic E-state index is 4.34. The van der Waals surface area contributed by atoms with Crippen molar-refractivity contribution < 1.29 is 0 Å². The summed E-state index contributed by atoms with van der Waals surface area (Å²) < 4.78 is 2.75. The third-order valence-electron chi connectivity index (χ3n) is 2.84. The minimum atomic E-state index is 0.676. The number of benzene rings is 1. The zero-order valence-corrected chi connectivity index (χ0v) is 12.3. The van der Waals surface area contributed by atoms with Crippen LogP contribution in [0.3, 0.4) is 0 Å². The van der Waals surface area contributed by atoms with Gasteiger partial charge in [-0.05, 0) is 45.8 Å². The first-order valence-corrected chi connectivity index (χ1v) is 7.81. The van der Waals surface area contributed by atoms with Gasteiger partial charge in [-0.2, -0.15) is 4.68 Å². The minimum Gasteiger partial charge on any atom is -0.235 e. The SMILES string of the molecule is c1ccc(-n2nnnc2Sc2ncnc3ccsc23)cc1. The molecule has 0 N–H and O–H groups in total. The Morgan fingerprint density at radius 1 is 1.05 bits per heavy atom. The molecule has 0 spiro atoms. The van der Waals surface area contributed by atoms with Crippen molar-refractivity contribution in [2.45, 2.75) is 10.2 Å². The summed E-state index contributed by atoms with van der Waals surface area (Å²) in [6, 6.07) is 11.8. The van der Waals surface area contributed by atoms with Crippen LogP contribution in [0.15, 0.2) is 58.3 Å².